The van der Waals surface area contributed by atoms with E-state index in [0.29, 0.717) is 19.8 Å². The highest BCUT2D eigenvalue weighted by Gasteiger charge is 2.07. The summed E-state index contributed by atoms with van der Waals surface area (Å²) in [4.78, 5) is 0. The normalized spacial score (nSPS) is 12.7. The lowest BCUT2D eigenvalue weighted by Crippen LogP contribution is -2.19. The molecule has 0 heterocycles. The standard InChI is InChI=1S/C14H23NO2/c1-4-16-5-6-17-10-14(15)13-8-11(2)7-12(3)9-13/h7-9,14H,4-6,10,15H2,1-3H3. The smallest absolute Gasteiger partial charge is 0.0701 e. The molecule has 0 bridgehead atoms. The molecule has 3 nitrogen and oxygen atoms in total. The van der Waals surface area contributed by atoms with Crippen molar-refractivity contribution in [2.75, 3.05) is 26.4 Å². The average molecular weight is 237 g/mol. The molecule has 0 aromatic heterocycles. The van der Waals surface area contributed by atoms with Crippen LogP contribution in [0.25, 0.3) is 0 Å². The molecule has 0 aliphatic heterocycles. The molecule has 1 aromatic carbocycles. The maximum atomic E-state index is 6.08. The van der Waals surface area contributed by atoms with Gasteiger partial charge in [-0.05, 0) is 26.3 Å². The summed E-state index contributed by atoms with van der Waals surface area (Å²) >= 11 is 0. The van der Waals surface area contributed by atoms with E-state index in [1.54, 1.807) is 0 Å². The van der Waals surface area contributed by atoms with E-state index in [2.05, 4.69) is 32.0 Å². The largest absolute Gasteiger partial charge is 0.379 e. The highest BCUT2D eigenvalue weighted by atomic mass is 16.5. The molecule has 0 aliphatic rings. The Labute approximate surface area is 104 Å². The van der Waals surface area contributed by atoms with Gasteiger partial charge < -0.3 is 15.2 Å². The molecule has 1 atom stereocenters. The van der Waals surface area contributed by atoms with Crippen molar-refractivity contribution in [3.05, 3.63) is 34.9 Å². The Morgan fingerprint density at radius 1 is 1.06 bits per heavy atom. The van der Waals surface area contributed by atoms with Crippen LogP contribution < -0.4 is 5.73 Å². The van der Waals surface area contributed by atoms with Gasteiger partial charge in [-0.3, -0.25) is 0 Å². The quantitative estimate of drug-likeness (QED) is 0.740. The first-order chi connectivity index (χ1) is 8.13. The van der Waals surface area contributed by atoms with Gasteiger partial charge in [0.15, 0.2) is 0 Å². The number of nitrogens with two attached hydrogens (primary N) is 1. The van der Waals surface area contributed by atoms with Gasteiger partial charge in [-0.2, -0.15) is 0 Å². The van der Waals surface area contributed by atoms with E-state index >= 15 is 0 Å². The number of aryl methyl sites for hydroxylation is 2. The summed E-state index contributed by atoms with van der Waals surface area (Å²) in [5.41, 5.74) is 9.70. The highest BCUT2D eigenvalue weighted by molar-refractivity contribution is 5.30. The summed E-state index contributed by atoms with van der Waals surface area (Å²) in [5, 5.41) is 0. The Hall–Kier alpha value is -0.900. The number of rotatable bonds is 7. The van der Waals surface area contributed by atoms with Crippen molar-refractivity contribution in [1.82, 2.24) is 0 Å². The first-order valence-corrected chi connectivity index (χ1v) is 6.12. The number of benzene rings is 1. The first kappa shape index (κ1) is 14.2. The van der Waals surface area contributed by atoms with Gasteiger partial charge >= 0.3 is 0 Å². The van der Waals surface area contributed by atoms with E-state index in [-0.39, 0.29) is 6.04 Å². The fourth-order valence-electron chi connectivity index (χ4n) is 1.79. The Balaban J connectivity index is 2.38. The minimum atomic E-state index is -0.0600. The molecular weight excluding hydrogens is 214 g/mol. The average Bonchev–Trinajstić information content (AvgIpc) is 2.27. The molecule has 0 amide bonds. The zero-order valence-electron chi connectivity index (χ0n) is 11.0. The Morgan fingerprint density at radius 3 is 2.24 bits per heavy atom. The van der Waals surface area contributed by atoms with E-state index < -0.39 is 0 Å². The van der Waals surface area contributed by atoms with Crippen molar-refractivity contribution in [3.63, 3.8) is 0 Å². The third-order valence-electron chi connectivity index (χ3n) is 2.55. The maximum Gasteiger partial charge on any atom is 0.0701 e. The van der Waals surface area contributed by atoms with Crippen LogP contribution in [0.1, 0.15) is 29.7 Å². The topological polar surface area (TPSA) is 44.5 Å². The lowest BCUT2D eigenvalue weighted by molar-refractivity contribution is 0.0473. The SMILES string of the molecule is CCOCCOCC(N)c1cc(C)cc(C)c1. The second-order valence-corrected chi connectivity index (χ2v) is 4.30. The van der Waals surface area contributed by atoms with Crippen molar-refractivity contribution in [3.8, 4) is 0 Å². The van der Waals surface area contributed by atoms with Crippen LogP contribution in [0, 0.1) is 13.8 Å². The van der Waals surface area contributed by atoms with Gasteiger partial charge in [0, 0.05) is 6.61 Å². The zero-order chi connectivity index (χ0) is 12.7. The van der Waals surface area contributed by atoms with Gasteiger partial charge in [0.05, 0.1) is 25.9 Å². The molecule has 0 saturated heterocycles. The van der Waals surface area contributed by atoms with Crippen molar-refractivity contribution in [2.45, 2.75) is 26.8 Å². The number of hydrogen-bond donors (Lipinski definition) is 1. The summed E-state index contributed by atoms with van der Waals surface area (Å²) in [6.45, 7) is 8.64. The summed E-state index contributed by atoms with van der Waals surface area (Å²) in [6.07, 6.45) is 0. The van der Waals surface area contributed by atoms with Crippen LogP contribution >= 0.6 is 0 Å². The highest BCUT2D eigenvalue weighted by Crippen LogP contribution is 2.15. The van der Waals surface area contributed by atoms with Crippen LogP contribution in [0.15, 0.2) is 18.2 Å². The van der Waals surface area contributed by atoms with Crippen LogP contribution in [0.3, 0.4) is 0 Å². The minimum Gasteiger partial charge on any atom is -0.379 e. The van der Waals surface area contributed by atoms with E-state index in [0.717, 1.165) is 12.2 Å². The van der Waals surface area contributed by atoms with Crippen molar-refractivity contribution < 1.29 is 9.47 Å². The number of ether oxygens (including phenoxy) is 2. The molecule has 17 heavy (non-hydrogen) atoms. The molecule has 3 heteroatoms. The third kappa shape index (κ3) is 5.31. The van der Waals surface area contributed by atoms with E-state index in [1.807, 2.05) is 6.92 Å². The van der Waals surface area contributed by atoms with Crippen molar-refractivity contribution in [1.29, 1.82) is 0 Å². The molecule has 1 aromatic rings. The predicted molar refractivity (Wildman–Crippen MR) is 70.2 cm³/mol. The van der Waals surface area contributed by atoms with E-state index in [4.69, 9.17) is 15.2 Å². The van der Waals surface area contributed by atoms with Gasteiger partial charge in [-0.25, -0.2) is 0 Å². The summed E-state index contributed by atoms with van der Waals surface area (Å²) in [7, 11) is 0. The predicted octanol–water partition coefficient (Wildman–Crippen LogP) is 2.36. The molecule has 0 saturated carbocycles. The van der Waals surface area contributed by atoms with Gasteiger partial charge in [-0.1, -0.05) is 29.3 Å². The number of hydrogen-bond acceptors (Lipinski definition) is 3. The molecule has 0 fully saturated rings. The Bertz CT molecular complexity index is 319. The fourth-order valence-corrected chi connectivity index (χ4v) is 1.79. The maximum absolute atomic E-state index is 6.08. The van der Waals surface area contributed by atoms with Crippen molar-refractivity contribution >= 4 is 0 Å². The molecule has 1 unspecified atom stereocenters. The summed E-state index contributed by atoms with van der Waals surface area (Å²) in [6, 6.07) is 6.31. The fraction of sp³-hybridized carbons (Fsp3) is 0.571. The second kappa shape index (κ2) is 7.43. The second-order valence-electron chi connectivity index (χ2n) is 4.30. The lowest BCUT2D eigenvalue weighted by atomic mass is 10.0. The molecule has 2 N–H and O–H groups in total. The summed E-state index contributed by atoms with van der Waals surface area (Å²) in [5.74, 6) is 0. The molecule has 96 valence electrons. The van der Waals surface area contributed by atoms with Crippen LogP contribution in [-0.4, -0.2) is 26.4 Å². The molecule has 0 radical (unpaired) electrons. The Kier molecular flexibility index (Phi) is 6.19. The molecule has 0 spiro atoms. The van der Waals surface area contributed by atoms with Gasteiger partial charge in [0.2, 0.25) is 0 Å². The van der Waals surface area contributed by atoms with Gasteiger partial charge in [0.1, 0.15) is 0 Å². The van der Waals surface area contributed by atoms with Crippen LogP contribution in [0.5, 0.6) is 0 Å². The van der Waals surface area contributed by atoms with Gasteiger partial charge in [-0.15, -0.1) is 0 Å². The summed E-state index contributed by atoms with van der Waals surface area (Å²) < 4.78 is 10.7. The van der Waals surface area contributed by atoms with Crippen LogP contribution in [0.2, 0.25) is 0 Å². The van der Waals surface area contributed by atoms with E-state index in [1.165, 1.54) is 11.1 Å². The monoisotopic (exact) mass is 237 g/mol. The molecule has 1 rings (SSSR count). The van der Waals surface area contributed by atoms with Gasteiger partial charge in [0.25, 0.3) is 0 Å². The first-order valence-electron chi connectivity index (χ1n) is 6.12. The Morgan fingerprint density at radius 2 is 1.65 bits per heavy atom. The van der Waals surface area contributed by atoms with Crippen LogP contribution in [-0.2, 0) is 9.47 Å². The third-order valence-corrected chi connectivity index (χ3v) is 2.55. The zero-order valence-corrected chi connectivity index (χ0v) is 11.0. The molecular formula is C14H23NO2. The van der Waals surface area contributed by atoms with Crippen molar-refractivity contribution in [2.24, 2.45) is 5.73 Å². The minimum absolute atomic E-state index is 0.0600. The molecule has 0 aliphatic carbocycles. The van der Waals surface area contributed by atoms with Crippen LogP contribution in [0.4, 0.5) is 0 Å². The lowest BCUT2D eigenvalue weighted by Gasteiger charge is -2.14. The van der Waals surface area contributed by atoms with E-state index in [9.17, 15) is 0 Å².